The number of aliphatic hydroxyl groups is 1. The number of aliphatic hydroxyl groups excluding tert-OH is 1. The molecule has 0 fully saturated rings. The zero-order chi connectivity index (χ0) is 9.61. The van der Waals surface area contributed by atoms with E-state index in [4.69, 9.17) is 14.5 Å². The Morgan fingerprint density at radius 2 is 1.79 bits per heavy atom. The lowest BCUT2D eigenvalue weighted by Crippen LogP contribution is -2.20. The average molecular weight is 248 g/mol. The van der Waals surface area contributed by atoms with Gasteiger partial charge in [-0.2, -0.15) is 0 Å². The Balaban J connectivity index is -0.000000605. The van der Waals surface area contributed by atoms with Crippen LogP contribution in [0, 0.1) is 0 Å². The van der Waals surface area contributed by atoms with Crippen molar-refractivity contribution in [1.29, 1.82) is 0 Å². The van der Waals surface area contributed by atoms with Crippen molar-refractivity contribution in [2.24, 2.45) is 0 Å². The summed E-state index contributed by atoms with van der Waals surface area (Å²) in [5.41, 5.74) is 0. The minimum atomic E-state index is -3.13. The molecule has 2 atom stereocenters. The van der Waals surface area contributed by atoms with Crippen molar-refractivity contribution >= 4 is 18.5 Å². The molecule has 0 saturated carbocycles. The van der Waals surface area contributed by atoms with Crippen LogP contribution in [0.2, 0.25) is 0 Å². The van der Waals surface area contributed by atoms with Crippen LogP contribution in [0.4, 0.5) is 0 Å². The molecule has 0 aromatic heterocycles. The first-order valence-corrected chi connectivity index (χ1v) is 5.81. The molecule has 0 amide bonds. The van der Waals surface area contributed by atoms with Gasteiger partial charge in [0.05, 0.1) is 13.2 Å². The first-order chi connectivity index (χ1) is 5.52. The van der Waals surface area contributed by atoms with Gasteiger partial charge in [-0.1, -0.05) is 14.9 Å². The van der Waals surface area contributed by atoms with Crippen molar-refractivity contribution in [1.82, 2.24) is 0 Å². The van der Waals surface area contributed by atoms with Crippen LogP contribution in [-0.4, -0.2) is 43.5 Å². The van der Waals surface area contributed by atoms with Gasteiger partial charge >= 0.3 is 6.72 Å². The molecule has 0 aromatic carbocycles. The summed E-state index contributed by atoms with van der Waals surface area (Å²) in [7, 11) is 2.71. The van der Waals surface area contributed by atoms with Gasteiger partial charge in [-0.15, -0.1) is 0 Å². The lowest BCUT2D eigenvalue weighted by Gasteiger charge is -2.15. The van der Waals surface area contributed by atoms with E-state index in [2.05, 4.69) is 21.1 Å². The standard InChI is InChI=1S/C5H13O5PS.2CH4/c1-8-3-5(6)4-10-11(7,12)9-2;;/h5-6H,3-4H2,1-2H3,(H,7,12);2*1H4. The molecule has 14 heavy (non-hydrogen) atoms. The van der Waals surface area contributed by atoms with Crippen molar-refractivity contribution in [3.8, 4) is 0 Å². The van der Waals surface area contributed by atoms with Gasteiger partial charge in [0.15, 0.2) is 0 Å². The third-order valence-corrected chi connectivity index (χ3v) is 2.72. The number of hydrogen-bond acceptors (Lipinski definition) is 5. The number of rotatable bonds is 6. The SMILES string of the molecule is C.C.COCC(O)COP(O)(=S)OC. The summed E-state index contributed by atoms with van der Waals surface area (Å²) in [4.78, 5) is 9.07. The highest BCUT2D eigenvalue weighted by Crippen LogP contribution is 2.42. The van der Waals surface area contributed by atoms with Crippen LogP contribution in [0.15, 0.2) is 0 Å². The van der Waals surface area contributed by atoms with Gasteiger partial charge in [0.2, 0.25) is 0 Å². The lowest BCUT2D eigenvalue weighted by atomic mass is 10.4. The Morgan fingerprint density at radius 3 is 2.14 bits per heavy atom. The predicted molar refractivity (Wildman–Crippen MR) is 60.8 cm³/mol. The highest BCUT2D eigenvalue weighted by molar-refractivity contribution is 8.07. The molecule has 2 N–H and O–H groups in total. The molecule has 0 saturated heterocycles. The Labute approximate surface area is 91.2 Å². The average Bonchev–Trinajstić information content (AvgIpc) is 2.02. The summed E-state index contributed by atoms with van der Waals surface area (Å²) in [6.45, 7) is -3.08. The summed E-state index contributed by atoms with van der Waals surface area (Å²) >= 11 is 4.52. The molecule has 5 nitrogen and oxygen atoms in total. The molecule has 7 heteroatoms. The summed E-state index contributed by atoms with van der Waals surface area (Å²) < 4.78 is 13.8. The monoisotopic (exact) mass is 248 g/mol. The van der Waals surface area contributed by atoms with Crippen molar-refractivity contribution in [2.75, 3.05) is 27.4 Å². The van der Waals surface area contributed by atoms with E-state index < -0.39 is 12.8 Å². The fourth-order valence-electron chi connectivity index (χ4n) is 0.473. The zero-order valence-corrected chi connectivity index (χ0v) is 8.68. The summed E-state index contributed by atoms with van der Waals surface area (Å²) in [6, 6.07) is 0. The quantitative estimate of drug-likeness (QED) is 0.687. The van der Waals surface area contributed by atoms with Crippen LogP contribution in [0.5, 0.6) is 0 Å². The molecule has 0 radical (unpaired) electrons. The van der Waals surface area contributed by atoms with E-state index in [9.17, 15) is 0 Å². The second-order valence-electron chi connectivity index (χ2n) is 2.06. The molecule has 90 valence electrons. The van der Waals surface area contributed by atoms with Crippen LogP contribution in [-0.2, 0) is 25.6 Å². The molecule has 0 bridgehead atoms. The van der Waals surface area contributed by atoms with Crippen LogP contribution in [0.3, 0.4) is 0 Å². The van der Waals surface area contributed by atoms with Gasteiger partial charge in [-0.25, -0.2) is 0 Å². The first-order valence-electron chi connectivity index (χ1n) is 3.22. The highest BCUT2D eigenvalue weighted by Gasteiger charge is 2.14. The van der Waals surface area contributed by atoms with Crippen LogP contribution < -0.4 is 0 Å². The van der Waals surface area contributed by atoms with E-state index in [-0.39, 0.29) is 28.1 Å². The Kier molecular flexibility index (Phi) is 14.2. The Bertz CT molecular complexity index is 166. The number of hydrogen-bond donors (Lipinski definition) is 2. The second kappa shape index (κ2) is 9.98. The van der Waals surface area contributed by atoms with Crippen LogP contribution in [0.1, 0.15) is 14.9 Å². The van der Waals surface area contributed by atoms with E-state index in [1.807, 2.05) is 0 Å². The van der Waals surface area contributed by atoms with E-state index >= 15 is 0 Å². The smallest absolute Gasteiger partial charge is 0.324 e. The van der Waals surface area contributed by atoms with E-state index in [0.717, 1.165) is 0 Å². The lowest BCUT2D eigenvalue weighted by molar-refractivity contribution is 0.0277. The maximum Gasteiger partial charge on any atom is 0.324 e. The van der Waals surface area contributed by atoms with Crippen LogP contribution in [0.25, 0.3) is 0 Å². The molecule has 0 heterocycles. The molecular formula is C7H21O5PS. The molecular weight excluding hydrogens is 227 g/mol. The summed E-state index contributed by atoms with van der Waals surface area (Å²) in [5.74, 6) is 0. The van der Waals surface area contributed by atoms with Gasteiger partial charge in [-0.3, -0.25) is 0 Å². The first kappa shape index (κ1) is 19.9. The van der Waals surface area contributed by atoms with Gasteiger partial charge in [0, 0.05) is 14.2 Å². The van der Waals surface area contributed by atoms with Crippen molar-refractivity contribution in [3.63, 3.8) is 0 Å². The van der Waals surface area contributed by atoms with Gasteiger partial charge < -0.3 is 23.8 Å². The van der Waals surface area contributed by atoms with E-state index in [1.165, 1.54) is 14.2 Å². The Hall–Kier alpha value is 0.450. The largest absolute Gasteiger partial charge is 0.388 e. The van der Waals surface area contributed by atoms with Crippen molar-refractivity contribution in [2.45, 2.75) is 21.0 Å². The fourth-order valence-corrected chi connectivity index (χ4v) is 1.12. The van der Waals surface area contributed by atoms with E-state index in [0.29, 0.717) is 0 Å². The molecule has 0 aliphatic heterocycles. The number of ether oxygens (including phenoxy) is 1. The fraction of sp³-hybridized carbons (Fsp3) is 1.00. The molecule has 0 aliphatic carbocycles. The van der Waals surface area contributed by atoms with Crippen molar-refractivity contribution < 1.29 is 23.8 Å². The third-order valence-electron chi connectivity index (χ3n) is 1.02. The molecule has 0 spiro atoms. The third kappa shape index (κ3) is 10.5. The Morgan fingerprint density at radius 1 is 1.29 bits per heavy atom. The maximum absolute atomic E-state index is 9.07. The zero-order valence-electron chi connectivity index (χ0n) is 6.97. The molecule has 2 unspecified atom stereocenters. The maximum atomic E-state index is 9.07. The van der Waals surface area contributed by atoms with Gasteiger partial charge in [0.25, 0.3) is 0 Å². The predicted octanol–water partition coefficient (Wildman–Crippen LogP) is 1.15. The van der Waals surface area contributed by atoms with Crippen molar-refractivity contribution in [3.05, 3.63) is 0 Å². The summed E-state index contributed by atoms with van der Waals surface area (Å²) in [6.07, 6.45) is -0.792. The molecule has 0 aromatic rings. The van der Waals surface area contributed by atoms with Gasteiger partial charge in [-0.05, 0) is 11.8 Å². The second-order valence-corrected chi connectivity index (χ2v) is 5.00. The summed E-state index contributed by atoms with van der Waals surface area (Å²) in [5, 5.41) is 9.06. The van der Waals surface area contributed by atoms with Crippen LogP contribution >= 0.6 is 6.72 Å². The number of methoxy groups -OCH3 is 1. The normalized spacial score (nSPS) is 16.0. The minimum absolute atomic E-state index is 0. The minimum Gasteiger partial charge on any atom is -0.388 e. The topological polar surface area (TPSA) is 68.2 Å². The molecule has 0 aliphatic rings. The molecule has 0 rings (SSSR count). The highest BCUT2D eigenvalue weighted by atomic mass is 32.5. The van der Waals surface area contributed by atoms with Gasteiger partial charge in [0.1, 0.15) is 6.10 Å². The van der Waals surface area contributed by atoms with E-state index in [1.54, 1.807) is 0 Å².